The fourth-order valence-corrected chi connectivity index (χ4v) is 3.77. The number of hydrogen-bond donors (Lipinski definition) is 1. The highest BCUT2D eigenvalue weighted by atomic mass is 19.2. The van der Waals surface area contributed by atoms with Crippen LogP contribution in [0, 0.1) is 11.6 Å². The molecule has 2 aromatic heterocycles. The van der Waals surface area contributed by atoms with E-state index in [4.69, 9.17) is 4.42 Å². The largest absolute Gasteiger partial charge is 0.467 e. The van der Waals surface area contributed by atoms with Crippen molar-refractivity contribution in [3.05, 3.63) is 78.3 Å². The monoisotopic (exact) mass is 422 g/mol. The van der Waals surface area contributed by atoms with Crippen LogP contribution >= 0.6 is 0 Å². The number of hydrogen-bond acceptors (Lipinski definition) is 4. The van der Waals surface area contributed by atoms with Gasteiger partial charge >= 0.3 is 0 Å². The van der Waals surface area contributed by atoms with Gasteiger partial charge in [-0.25, -0.2) is 13.8 Å². The standard InChI is InChI=1S/C22H16F2N4O3/c23-15-8-7-13(10-16(15)24)25-20(29)11-19-21(30)27(12-14-4-3-9-31-14)22-26-17-5-1-2-6-18(17)28(19)22/h1-10,19H,11-12H2,(H,25,29)/t19-/m0/s1. The van der Waals surface area contributed by atoms with Gasteiger partial charge in [0, 0.05) is 11.8 Å². The minimum Gasteiger partial charge on any atom is -0.467 e. The van der Waals surface area contributed by atoms with Crippen molar-refractivity contribution < 1.29 is 22.8 Å². The Labute approximate surface area is 174 Å². The van der Waals surface area contributed by atoms with Crippen LogP contribution in [-0.2, 0) is 16.1 Å². The van der Waals surface area contributed by atoms with Crippen molar-refractivity contribution in [3.63, 3.8) is 0 Å². The molecule has 1 N–H and O–H groups in total. The number of carbonyl (C=O) groups is 2. The highest BCUT2D eigenvalue weighted by molar-refractivity contribution is 6.05. The van der Waals surface area contributed by atoms with Crippen molar-refractivity contribution in [1.82, 2.24) is 9.55 Å². The Morgan fingerprint density at radius 1 is 1.10 bits per heavy atom. The summed E-state index contributed by atoms with van der Waals surface area (Å²) in [5.74, 6) is -1.88. The second-order valence-electron chi connectivity index (χ2n) is 7.17. The zero-order chi connectivity index (χ0) is 21.5. The Balaban J connectivity index is 1.46. The summed E-state index contributed by atoms with van der Waals surface area (Å²) in [6.07, 6.45) is 1.32. The molecule has 0 fully saturated rings. The number of halogens is 2. The Kier molecular flexibility index (Phi) is 4.50. The summed E-state index contributed by atoms with van der Waals surface area (Å²) in [5.41, 5.74) is 1.52. The molecule has 4 aromatic rings. The Hall–Kier alpha value is -4.01. The minimum absolute atomic E-state index is 0.109. The molecule has 0 bridgehead atoms. The Morgan fingerprint density at radius 3 is 2.71 bits per heavy atom. The molecule has 0 saturated heterocycles. The lowest BCUT2D eigenvalue weighted by molar-refractivity contribution is -0.124. The molecule has 3 heterocycles. The Bertz CT molecular complexity index is 1300. The van der Waals surface area contributed by atoms with E-state index < -0.39 is 23.6 Å². The molecule has 0 unspecified atom stereocenters. The van der Waals surface area contributed by atoms with Crippen LogP contribution in [0.25, 0.3) is 11.0 Å². The summed E-state index contributed by atoms with van der Waals surface area (Å²) >= 11 is 0. The summed E-state index contributed by atoms with van der Waals surface area (Å²) in [6.45, 7) is 0.177. The lowest BCUT2D eigenvalue weighted by atomic mass is 10.1. The third-order valence-corrected chi connectivity index (χ3v) is 5.16. The number of aromatic nitrogens is 2. The van der Waals surface area contributed by atoms with Crippen LogP contribution in [0.3, 0.4) is 0 Å². The molecule has 2 amide bonds. The molecular formula is C22H16F2N4O3. The van der Waals surface area contributed by atoms with Gasteiger partial charge in [-0.3, -0.25) is 19.1 Å². The van der Waals surface area contributed by atoms with Crippen molar-refractivity contribution in [2.45, 2.75) is 19.0 Å². The molecule has 9 heteroatoms. The van der Waals surface area contributed by atoms with E-state index in [0.717, 1.165) is 17.6 Å². The Morgan fingerprint density at radius 2 is 1.94 bits per heavy atom. The van der Waals surface area contributed by atoms with Gasteiger partial charge in [0.25, 0.3) is 5.91 Å². The third-order valence-electron chi connectivity index (χ3n) is 5.16. The lowest BCUT2D eigenvalue weighted by Gasteiger charge is -2.15. The van der Waals surface area contributed by atoms with E-state index in [-0.39, 0.29) is 24.6 Å². The molecular weight excluding hydrogens is 406 g/mol. The van der Waals surface area contributed by atoms with Crippen LogP contribution in [0.1, 0.15) is 18.2 Å². The van der Waals surface area contributed by atoms with Gasteiger partial charge in [0.15, 0.2) is 11.6 Å². The van der Waals surface area contributed by atoms with Crippen molar-refractivity contribution in [2.24, 2.45) is 0 Å². The molecule has 7 nitrogen and oxygen atoms in total. The van der Waals surface area contributed by atoms with E-state index in [2.05, 4.69) is 10.3 Å². The molecule has 1 aliphatic rings. The first-order chi connectivity index (χ1) is 15.0. The number of rotatable bonds is 5. The van der Waals surface area contributed by atoms with Crippen LogP contribution in [0.15, 0.2) is 65.3 Å². The minimum atomic E-state index is -1.07. The van der Waals surface area contributed by atoms with Crippen molar-refractivity contribution in [1.29, 1.82) is 0 Å². The van der Waals surface area contributed by atoms with Gasteiger partial charge in [0.05, 0.1) is 30.3 Å². The maximum atomic E-state index is 13.4. The maximum absolute atomic E-state index is 13.4. The zero-order valence-electron chi connectivity index (χ0n) is 16.1. The van der Waals surface area contributed by atoms with Gasteiger partial charge in [-0.05, 0) is 36.4 Å². The summed E-state index contributed by atoms with van der Waals surface area (Å²) in [6, 6.07) is 13.1. The molecule has 0 radical (unpaired) electrons. The van der Waals surface area contributed by atoms with Gasteiger partial charge < -0.3 is 9.73 Å². The van der Waals surface area contributed by atoms with Gasteiger partial charge in [0.1, 0.15) is 11.8 Å². The first-order valence-electron chi connectivity index (χ1n) is 9.57. The van der Waals surface area contributed by atoms with E-state index in [1.54, 1.807) is 16.7 Å². The lowest BCUT2D eigenvalue weighted by Crippen LogP contribution is -2.31. The predicted molar refractivity (Wildman–Crippen MR) is 108 cm³/mol. The quantitative estimate of drug-likeness (QED) is 0.527. The molecule has 5 rings (SSSR count). The van der Waals surface area contributed by atoms with Crippen LogP contribution in [-0.4, -0.2) is 21.4 Å². The van der Waals surface area contributed by atoms with Crippen molar-refractivity contribution >= 4 is 34.5 Å². The van der Waals surface area contributed by atoms with Gasteiger partial charge in [-0.15, -0.1) is 0 Å². The fraction of sp³-hybridized carbons (Fsp3) is 0.136. The molecule has 0 aliphatic carbocycles. The number of para-hydroxylation sites is 2. The number of amides is 2. The number of benzene rings is 2. The molecule has 2 aromatic carbocycles. The fourth-order valence-electron chi connectivity index (χ4n) is 3.77. The van der Waals surface area contributed by atoms with Crippen molar-refractivity contribution in [2.75, 3.05) is 10.2 Å². The second-order valence-corrected chi connectivity index (χ2v) is 7.17. The molecule has 156 valence electrons. The van der Waals surface area contributed by atoms with E-state index in [1.807, 2.05) is 24.3 Å². The third kappa shape index (κ3) is 3.33. The van der Waals surface area contributed by atoms with Gasteiger partial charge in [-0.2, -0.15) is 0 Å². The van der Waals surface area contributed by atoms with Crippen LogP contribution in [0.4, 0.5) is 20.4 Å². The van der Waals surface area contributed by atoms with Gasteiger partial charge in [0.2, 0.25) is 11.9 Å². The summed E-state index contributed by atoms with van der Waals surface area (Å²) in [4.78, 5) is 31.9. The predicted octanol–water partition coefficient (Wildman–Crippen LogP) is 4.02. The van der Waals surface area contributed by atoms with Crippen LogP contribution in [0.2, 0.25) is 0 Å². The highest BCUT2D eigenvalue weighted by Gasteiger charge is 2.41. The number of fused-ring (bicyclic) bond motifs is 3. The highest BCUT2D eigenvalue weighted by Crippen LogP contribution is 2.37. The van der Waals surface area contributed by atoms with E-state index in [9.17, 15) is 18.4 Å². The number of carbonyl (C=O) groups excluding carboxylic acids is 2. The summed E-state index contributed by atoms with van der Waals surface area (Å²) in [5, 5.41) is 2.52. The van der Waals surface area contributed by atoms with Crippen LogP contribution in [0.5, 0.6) is 0 Å². The number of nitrogens with one attached hydrogen (secondary N) is 1. The number of nitrogens with zero attached hydrogens (tertiary/aromatic N) is 3. The van der Waals surface area contributed by atoms with E-state index in [1.165, 1.54) is 17.2 Å². The topological polar surface area (TPSA) is 80.4 Å². The van der Waals surface area contributed by atoms with Crippen LogP contribution < -0.4 is 10.2 Å². The van der Waals surface area contributed by atoms with E-state index >= 15 is 0 Å². The molecule has 0 saturated carbocycles. The maximum Gasteiger partial charge on any atom is 0.253 e. The summed E-state index contributed by atoms with van der Waals surface area (Å²) < 4.78 is 33.7. The van der Waals surface area contributed by atoms with Crippen molar-refractivity contribution in [3.8, 4) is 0 Å². The zero-order valence-corrected chi connectivity index (χ0v) is 16.1. The normalized spacial score (nSPS) is 15.5. The first kappa shape index (κ1) is 19.0. The second kappa shape index (κ2) is 7.35. The molecule has 1 atom stereocenters. The van der Waals surface area contributed by atoms with E-state index in [0.29, 0.717) is 17.2 Å². The SMILES string of the molecule is O=C(C[C@H]1C(=O)N(Cc2ccco2)c2nc3ccccc3n21)Nc1ccc(F)c(F)c1. The number of anilines is 2. The number of furan rings is 1. The smallest absolute Gasteiger partial charge is 0.253 e. The molecule has 0 spiro atoms. The van der Waals surface area contributed by atoms with Gasteiger partial charge in [-0.1, -0.05) is 12.1 Å². The summed E-state index contributed by atoms with van der Waals surface area (Å²) in [7, 11) is 0. The molecule has 31 heavy (non-hydrogen) atoms. The average molecular weight is 422 g/mol. The molecule has 1 aliphatic heterocycles. The first-order valence-corrected chi connectivity index (χ1v) is 9.57. The average Bonchev–Trinajstić information content (AvgIpc) is 3.45. The number of imidazole rings is 1.